The fourth-order valence-electron chi connectivity index (χ4n) is 3.21. The Morgan fingerprint density at radius 2 is 1.42 bits per heavy atom. The van der Waals surface area contributed by atoms with Crippen LogP contribution in [0.1, 0.15) is 87.5 Å². The van der Waals surface area contributed by atoms with Crippen LogP contribution in [0, 0.1) is 5.41 Å². The minimum atomic E-state index is -3.45. The second-order valence-electron chi connectivity index (χ2n) is 10.0. The number of morpholine rings is 1. The van der Waals surface area contributed by atoms with E-state index in [0.29, 0.717) is 5.75 Å². The van der Waals surface area contributed by atoms with Crippen LogP contribution in [0.2, 0.25) is 0 Å². The molecule has 7 nitrogen and oxygen atoms in total. The van der Waals surface area contributed by atoms with Gasteiger partial charge in [-0.05, 0) is 77.7 Å². The Balaban J connectivity index is 2.65. The highest BCUT2D eigenvalue weighted by Gasteiger charge is 2.40. The summed E-state index contributed by atoms with van der Waals surface area (Å²) in [4.78, 5) is 15.0. The van der Waals surface area contributed by atoms with Crippen molar-refractivity contribution in [3.8, 4) is 0 Å². The maximum Gasteiger partial charge on any atom is 0.390 e. The molecular weight excluding hydrogens is 461 g/mol. The molecule has 1 heterocycles. The highest BCUT2D eigenvalue weighted by molar-refractivity contribution is 8.55. The standard InChI is InChI=1S/C24H48NO6PS/c1-9-23(7,10-2)30-32(27,31-24(8,11-3)12-4)33-20-19-29-21(26)22(5,6)13-14-25-15-17-28-18-16-25/h9-20H2,1-8H3. The largest absolute Gasteiger partial charge is 0.464 e. The summed E-state index contributed by atoms with van der Waals surface area (Å²) < 4.78 is 37.0. The molecule has 0 unspecified atom stereocenters. The van der Waals surface area contributed by atoms with Crippen LogP contribution >= 0.6 is 18.2 Å². The first-order valence-corrected chi connectivity index (χ1v) is 15.6. The Morgan fingerprint density at radius 3 is 1.88 bits per heavy atom. The van der Waals surface area contributed by atoms with Gasteiger partial charge in [0.15, 0.2) is 0 Å². The van der Waals surface area contributed by atoms with Gasteiger partial charge in [-0.25, -0.2) is 4.57 Å². The molecule has 0 atom stereocenters. The molecule has 0 amide bonds. The van der Waals surface area contributed by atoms with E-state index in [0.717, 1.165) is 76.3 Å². The Kier molecular flexibility index (Phi) is 13.0. The van der Waals surface area contributed by atoms with Gasteiger partial charge in [0, 0.05) is 18.8 Å². The van der Waals surface area contributed by atoms with Gasteiger partial charge in [-0.1, -0.05) is 27.7 Å². The lowest BCUT2D eigenvalue weighted by Crippen LogP contribution is -2.39. The number of ether oxygens (including phenoxy) is 2. The normalized spacial score (nSPS) is 16.7. The molecule has 1 saturated heterocycles. The van der Waals surface area contributed by atoms with Crippen molar-refractivity contribution < 1.29 is 27.9 Å². The molecule has 9 heteroatoms. The summed E-state index contributed by atoms with van der Waals surface area (Å²) in [5.74, 6) is 0.127. The summed E-state index contributed by atoms with van der Waals surface area (Å²) in [7, 11) is 0. The van der Waals surface area contributed by atoms with Gasteiger partial charge in [-0.15, -0.1) is 0 Å². The fraction of sp³-hybridized carbons (Fsp3) is 0.958. The predicted molar refractivity (Wildman–Crippen MR) is 137 cm³/mol. The van der Waals surface area contributed by atoms with E-state index < -0.39 is 23.4 Å². The molecule has 0 aliphatic carbocycles. The first-order valence-electron chi connectivity index (χ1n) is 12.5. The van der Waals surface area contributed by atoms with Crippen LogP contribution in [0.15, 0.2) is 0 Å². The van der Waals surface area contributed by atoms with E-state index in [1.165, 1.54) is 0 Å². The van der Waals surface area contributed by atoms with E-state index >= 15 is 0 Å². The summed E-state index contributed by atoms with van der Waals surface area (Å²) in [6.45, 7) is 16.7. The lowest BCUT2D eigenvalue weighted by Gasteiger charge is -2.36. The predicted octanol–water partition coefficient (Wildman–Crippen LogP) is 6.31. The third-order valence-corrected chi connectivity index (χ3v) is 10.9. The van der Waals surface area contributed by atoms with E-state index in [1.807, 2.05) is 55.4 Å². The molecular formula is C24H48NO6PS. The SMILES string of the molecule is CCC(C)(CC)OP(=O)(OC(C)(CC)CC)SCCOC(=O)C(C)(C)CCN1CCOCC1. The summed E-state index contributed by atoms with van der Waals surface area (Å²) in [6, 6.07) is 0. The molecule has 0 N–H and O–H groups in total. The van der Waals surface area contributed by atoms with Crippen LogP contribution in [-0.4, -0.2) is 67.3 Å². The molecule has 1 aliphatic rings. The van der Waals surface area contributed by atoms with E-state index in [1.54, 1.807) is 0 Å². The summed E-state index contributed by atoms with van der Waals surface area (Å²) in [5.41, 5.74) is -1.63. The number of hydrogen-bond acceptors (Lipinski definition) is 8. The number of carbonyl (C=O) groups excluding carboxylic acids is 1. The van der Waals surface area contributed by atoms with Gasteiger partial charge in [0.2, 0.25) is 0 Å². The minimum absolute atomic E-state index is 0.172. The summed E-state index contributed by atoms with van der Waals surface area (Å²) in [5, 5.41) is 0. The van der Waals surface area contributed by atoms with Crippen molar-refractivity contribution in [2.75, 3.05) is 45.2 Å². The Morgan fingerprint density at radius 1 is 0.939 bits per heavy atom. The van der Waals surface area contributed by atoms with Crippen molar-refractivity contribution in [1.82, 2.24) is 4.90 Å². The third kappa shape index (κ3) is 10.6. The Labute approximate surface area is 206 Å². The van der Waals surface area contributed by atoms with E-state index in [2.05, 4.69) is 4.90 Å². The van der Waals surface area contributed by atoms with Crippen molar-refractivity contribution in [3.63, 3.8) is 0 Å². The molecule has 1 fully saturated rings. The van der Waals surface area contributed by atoms with Gasteiger partial charge in [-0.2, -0.15) is 0 Å². The molecule has 0 radical (unpaired) electrons. The smallest absolute Gasteiger partial charge is 0.390 e. The number of carbonyl (C=O) groups is 1. The van der Waals surface area contributed by atoms with E-state index in [4.69, 9.17) is 18.5 Å². The first-order chi connectivity index (χ1) is 15.4. The second-order valence-corrected chi connectivity index (χ2v) is 14.0. The summed E-state index contributed by atoms with van der Waals surface area (Å²) in [6.07, 6.45) is 3.66. The maximum atomic E-state index is 13.8. The van der Waals surface area contributed by atoms with Gasteiger partial charge < -0.3 is 9.47 Å². The van der Waals surface area contributed by atoms with Crippen LogP contribution < -0.4 is 0 Å². The average molecular weight is 510 g/mol. The second kappa shape index (κ2) is 13.8. The van der Waals surface area contributed by atoms with Crippen LogP contribution in [-0.2, 0) is 27.9 Å². The number of nitrogens with zero attached hydrogens (tertiary/aromatic N) is 1. The quantitative estimate of drug-likeness (QED) is 0.136. The molecule has 33 heavy (non-hydrogen) atoms. The van der Waals surface area contributed by atoms with Gasteiger partial charge in [0.05, 0.1) is 29.8 Å². The zero-order valence-corrected chi connectivity index (χ0v) is 23.9. The highest BCUT2D eigenvalue weighted by atomic mass is 32.7. The van der Waals surface area contributed by atoms with Crippen LogP contribution in [0.4, 0.5) is 0 Å². The number of esters is 1. The number of hydrogen-bond donors (Lipinski definition) is 0. The van der Waals surface area contributed by atoms with Gasteiger partial charge in [-0.3, -0.25) is 18.7 Å². The molecule has 1 aliphatic heterocycles. The van der Waals surface area contributed by atoms with Gasteiger partial charge >= 0.3 is 12.8 Å². The van der Waals surface area contributed by atoms with Crippen molar-refractivity contribution >= 4 is 24.1 Å². The minimum Gasteiger partial charge on any atom is -0.464 e. The molecule has 0 bridgehead atoms. The van der Waals surface area contributed by atoms with Crippen molar-refractivity contribution in [2.24, 2.45) is 5.41 Å². The van der Waals surface area contributed by atoms with Gasteiger partial charge in [0.1, 0.15) is 6.61 Å². The summed E-state index contributed by atoms with van der Waals surface area (Å²) >= 11 is 1.14. The molecule has 0 spiro atoms. The lowest BCUT2D eigenvalue weighted by molar-refractivity contribution is -0.154. The Bertz CT molecular complexity index is 606. The zero-order chi connectivity index (χ0) is 25.2. The lowest BCUT2D eigenvalue weighted by atomic mass is 9.89. The fourth-order valence-corrected chi connectivity index (χ4v) is 7.62. The topological polar surface area (TPSA) is 74.3 Å². The van der Waals surface area contributed by atoms with Gasteiger partial charge in [0.25, 0.3) is 0 Å². The Hall–Kier alpha value is -0.110. The maximum absolute atomic E-state index is 13.8. The van der Waals surface area contributed by atoms with E-state index in [9.17, 15) is 9.36 Å². The molecule has 0 aromatic rings. The van der Waals surface area contributed by atoms with E-state index in [-0.39, 0.29) is 12.6 Å². The molecule has 0 aromatic heterocycles. The van der Waals surface area contributed by atoms with Crippen LogP contribution in [0.3, 0.4) is 0 Å². The van der Waals surface area contributed by atoms with Crippen molar-refractivity contribution in [1.29, 1.82) is 0 Å². The average Bonchev–Trinajstić information content (AvgIpc) is 2.80. The van der Waals surface area contributed by atoms with Crippen LogP contribution in [0.25, 0.3) is 0 Å². The van der Waals surface area contributed by atoms with Crippen molar-refractivity contribution in [2.45, 2.75) is 98.7 Å². The number of rotatable bonds is 16. The zero-order valence-electron chi connectivity index (χ0n) is 22.2. The third-order valence-electron chi connectivity index (χ3n) is 6.93. The van der Waals surface area contributed by atoms with Crippen LogP contribution in [0.5, 0.6) is 0 Å². The molecule has 1 rings (SSSR count). The molecule has 196 valence electrons. The highest BCUT2D eigenvalue weighted by Crippen LogP contribution is 2.66. The molecule has 0 aromatic carbocycles. The first kappa shape index (κ1) is 30.9. The monoisotopic (exact) mass is 509 g/mol. The molecule has 0 saturated carbocycles. The van der Waals surface area contributed by atoms with Crippen molar-refractivity contribution in [3.05, 3.63) is 0 Å².